The fourth-order valence-corrected chi connectivity index (χ4v) is 1.72. The van der Waals surface area contributed by atoms with Crippen molar-refractivity contribution in [3.8, 4) is 0 Å². The number of rotatable bonds is 3. The minimum absolute atomic E-state index is 0.0138. The summed E-state index contributed by atoms with van der Waals surface area (Å²) in [5.41, 5.74) is 0.244. The van der Waals surface area contributed by atoms with E-state index in [2.05, 4.69) is 0 Å². The number of Topliss-reactive ketones (excluding diaryl/α,β-unsaturated/α-hetero) is 1. The molecule has 0 saturated carbocycles. The number of aliphatic hydroxyl groups is 2. The van der Waals surface area contributed by atoms with Gasteiger partial charge in [0.25, 0.3) is 11.7 Å². The number of anilines is 1. The molecular weight excluding hydrogens is 229 g/mol. The zero-order chi connectivity index (χ0) is 12.6. The predicted molar refractivity (Wildman–Crippen MR) is 56.2 cm³/mol. The van der Waals surface area contributed by atoms with E-state index in [-0.39, 0.29) is 17.8 Å². The molecule has 0 radical (unpaired) electrons. The summed E-state index contributed by atoms with van der Waals surface area (Å²) in [6.45, 7) is -0.714. The van der Waals surface area contributed by atoms with Crippen LogP contribution in [0.4, 0.5) is 10.1 Å². The molecular formula is C11H10FNO4. The van der Waals surface area contributed by atoms with E-state index in [4.69, 9.17) is 5.11 Å². The van der Waals surface area contributed by atoms with Gasteiger partial charge in [-0.3, -0.25) is 9.59 Å². The van der Waals surface area contributed by atoms with Crippen LogP contribution in [0.2, 0.25) is 0 Å². The number of carbonyl (C=O) groups is 2. The molecule has 1 heterocycles. The summed E-state index contributed by atoms with van der Waals surface area (Å²) >= 11 is 0. The maximum absolute atomic E-state index is 12.9. The van der Waals surface area contributed by atoms with Crippen molar-refractivity contribution in [2.75, 3.05) is 18.1 Å². The Morgan fingerprint density at radius 1 is 1.35 bits per heavy atom. The van der Waals surface area contributed by atoms with Crippen molar-refractivity contribution in [1.29, 1.82) is 0 Å². The van der Waals surface area contributed by atoms with Gasteiger partial charge in [-0.1, -0.05) is 0 Å². The SMILES string of the molecule is O=C1C(=O)N(CC(O)CO)c2ccc(F)cc21. The summed E-state index contributed by atoms with van der Waals surface area (Å²) in [6, 6.07) is 3.42. The maximum Gasteiger partial charge on any atom is 0.299 e. The van der Waals surface area contributed by atoms with E-state index >= 15 is 0 Å². The Morgan fingerprint density at radius 2 is 2.06 bits per heavy atom. The fourth-order valence-electron chi connectivity index (χ4n) is 1.72. The first-order valence-corrected chi connectivity index (χ1v) is 4.99. The standard InChI is InChI=1S/C11H10FNO4/c12-6-1-2-9-8(3-6)10(16)11(17)13(9)4-7(15)5-14/h1-3,7,14-15H,4-5H2. The first-order chi connectivity index (χ1) is 8.04. The maximum atomic E-state index is 12.9. The monoisotopic (exact) mass is 239 g/mol. The molecule has 1 aliphatic heterocycles. The zero-order valence-corrected chi connectivity index (χ0v) is 8.76. The van der Waals surface area contributed by atoms with Gasteiger partial charge in [0.2, 0.25) is 0 Å². The minimum atomic E-state index is -1.14. The van der Waals surface area contributed by atoms with Gasteiger partial charge in [-0.05, 0) is 18.2 Å². The molecule has 1 aromatic rings. The molecule has 1 amide bonds. The van der Waals surface area contributed by atoms with Crippen molar-refractivity contribution >= 4 is 17.4 Å². The van der Waals surface area contributed by atoms with Gasteiger partial charge < -0.3 is 15.1 Å². The van der Waals surface area contributed by atoms with Gasteiger partial charge in [0, 0.05) is 0 Å². The van der Waals surface area contributed by atoms with Gasteiger partial charge in [-0.2, -0.15) is 0 Å². The number of amides is 1. The summed E-state index contributed by atoms with van der Waals surface area (Å²) in [5, 5.41) is 18.0. The van der Waals surface area contributed by atoms with Crippen molar-refractivity contribution < 1.29 is 24.2 Å². The molecule has 0 fully saturated rings. The lowest BCUT2D eigenvalue weighted by molar-refractivity contribution is -0.114. The second-order valence-electron chi connectivity index (χ2n) is 3.74. The van der Waals surface area contributed by atoms with Gasteiger partial charge in [0.1, 0.15) is 5.82 Å². The number of hydrogen-bond donors (Lipinski definition) is 2. The van der Waals surface area contributed by atoms with Gasteiger partial charge in [-0.15, -0.1) is 0 Å². The van der Waals surface area contributed by atoms with Crippen molar-refractivity contribution in [3.63, 3.8) is 0 Å². The van der Waals surface area contributed by atoms with Crippen molar-refractivity contribution in [1.82, 2.24) is 0 Å². The van der Waals surface area contributed by atoms with E-state index in [0.717, 1.165) is 17.0 Å². The Balaban J connectivity index is 2.38. The number of β-amino-alcohol motifs (C(OH)–C–C–N with tert-alkyl or cyclic N) is 1. The van der Waals surface area contributed by atoms with Crippen LogP contribution in [0.3, 0.4) is 0 Å². The van der Waals surface area contributed by atoms with Crippen LogP contribution in [0.25, 0.3) is 0 Å². The van der Waals surface area contributed by atoms with Crippen LogP contribution in [0.15, 0.2) is 18.2 Å². The molecule has 1 unspecified atom stereocenters. The Bertz CT molecular complexity index is 488. The number of aliphatic hydroxyl groups excluding tert-OH is 2. The summed E-state index contributed by atoms with van der Waals surface area (Å²) < 4.78 is 12.9. The molecule has 1 aliphatic rings. The predicted octanol–water partition coefficient (Wildman–Crippen LogP) is -0.292. The lowest BCUT2D eigenvalue weighted by Gasteiger charge is -2.18. The number of ketones is 1. The van der Waals surface area contributed by atoms with E-state index in [0.29, 0.717) is 0 Å². The first-order valence-electron chi connectivity index (χ1n) is 4.99. The lowest BCUT2D eigenvalue weighted by Crippen LogP contribution is -2.38. The summed E-state index contributed by atoms with van der Waals surface area (Å²) in [4.78, 5) is 24.2. The molecule has 1 aromatic carbocycles. The molecule has 0 spiro atoms. The fraction of sp³-hybridized carbons (Fsp3) is 0.273. The highest BCUT2D eigenvalue weighted by atomic mass is 19.1. The van der Waals surface area contributed by atoms with E-state index in [9.17, 15) is 19.1 Å². The number of benzene rings is 1. The Kier molecular flexibility index (Phi) is 2.91. The van der Waals surface area contributed by atoms with Crippen molar-refractivity contribution in [2.45, 2.75) is 6.10 Å². The molecule has 17 heavy (non-hydrogen) atoms. The van der Waals surface area contributed by atoms with Crippen LogP contribution < -0.4 is 4.90 Å². The van der Waals surface area contributed by atoms with Gasteiger partial charge in [0.05, 0.1) is 30.5 Å². The highest BCUT2D eigenvalue weighted by Crippen LogP contribution is 2.29. The molecule has 2 rings (SSSR count). The first kappa shape index (κ1) is 11.7. The topological polar surface area (TPSA) is 77.8 Å². The highest BCUT2D eigenvalue weighted by molar-refractivity contribution is 6.52. The van der Waals surface area contributed by atoms with Crippen LogP contribution in [0, 0.1) is 5.82 Å². The summed E-state index contributed by atoms with van der Waals surface area (Å²) in [6.07, 6.45) is -1.14. The number of fused-ring (bicyclic) bond motifs is 1. The van der Waals surface area contributed by atoms with Crippen LogP contribution in [-0.4, -0.2) is 41.2 Å². The van der Waals surface area contributed by atoms with Crippen molar-refractivity contribution in [3.05, 3.63) is 29.6 Å². The molecule has 5 nitrogen and oxygen atoms in total. The molecule has 0 aromatic heterocycles. The average molecular weight is 239 g/mol. The molecule has 1 atom stereocenters. The van der Waals surface area contributed by atoms with Gasteiger partial charge >= 0.3 is 0 Å². The number of nitrogens with zero attached hydrogens (tertiary/aromatic N) is 1. The van der Waals surface area contributed by atoms with E-state index in [1.807, 2.05) is 0 Å². The number of hydrogen-bond acceptors (Lipinski definition) is 4. The number of carbonyl (C=O) groups excluding carboxylic acids is 2. The third-order valence-corrected chi connectivity index (χ3v) is 2.54. The van der Waals surface area contributed by atoms with E-state index < -0.39 is 30.2 Å². The smallest absolute Gasteiger partial charge is 0.299 e. The third kappa shape index (κ3) is 1.92. The van der Waals surface area contributed by atoms with Crippen LogP contribution >= 0.6 is 0 Å². The molecule has 0 bridgehead atoms. The largest absolute Gasteiger partial charge is 0.394 e. The second-order valence-corrected chi connectivity index (χ2v) is 3.74. The van der Waals surface area contributed by atoms with Crippen LogP contribution in [0.1, 0.15) is 10.4 Å². The van der Waals surface area contributed by atoms with Crippen LogP contribution in [0.5, 0.6) is 0 Å². The summed E-state index contributed by atoms with van der Waals surface area (Å²) in [7, 11) is 0. The van der Waals surface area contributed by atoms with Gasteiger partial charge in [0.15, 0.2) is 0 Å². The molecule has 0 aliphatic carbocycles. The lowest BCUT2D eigenvalue weighted by atomic mass is 10.1. The minimum Gasteiger partial charge on any atom is -0.394 e. The summed E-state index contributed by atoms with van der Waals surface area (Å²) in [5.74, 6) is -2.22. The van der Waals surface area contributed by atoms with E-state index in [1.165, 1.54) is 6.07 Å². The highest BCUT2D eigenvalue weighted by Gasteiger charge is 2.36. The van der Waals surface area contributed by atoms with Crippen LogP contribution in [-0.2, 0) is 4.79 Å². The van der Waals surface area contributed by atoms with E-state index in [1.54, 1.807) is 0 Å². The van der Waals surface area contributed by atoms with Crippen molar-refractivity contribution in [2.24, 2.45) is 0 Å². The Morgan fingerprint density at radius 3 is 2.71 bits per heavy atom. The molecule has 2 N–H and O–H groups in total. The third-order valence-electron chi connectivity index (χ3n) is 2.54. The normalized spacial score (nSPS) is 16.3. The molecule has 90 valence electrons. The quantitative estimate of drug-likeness (QED) is 0.710. The van der Waals surface area contributed by atoms with Gasteiger partial charge in [-0.25, -0.2) is 4.39 Å². The second kappa shape index (κ2) is 4.23. The molecule has 6 heteroatoms. The number of halogens is 1. The molecule has 0 saturated heterocycles. The Labute approximate surface area is 96.1 Å². The zero-order valence-electron chi connectivity index (χ0n) is 8.76. The average Bonchev–Trinajstić information content (AvgIpc) is 2.54. The Hall–Kier alpha value is -1.79.